The summed E-state index contributed by atoms with van der Waals surface area (Å²) < 4.78 is 5.40. The van der Waals surface area contributed by atoms with Gasteiger partial charge in [0.15, 0.2) is 0 Å². The molecule has 1 heterocycles. The van der Waals surface area contributed by atoms with Gasteiger partial charge in [0.2, 0.25) is 0 Å². The fourth-order valence-corrected chi connectivity index (χ4v) is 1.53. The number of pyridine rings is 1. The number of nitrogens with zero attached hydrogens (tertiary/aromatic N) is 1. The lowest BCUT2D eigenvalue weighted by Gasteiger charge is -2.04. The summed E-state index contributed by atoms with van der Waals surface area (Å²) in [5.41, 5.74) is 3.28. The third-order valence-corrected chi connectivity index (χ3v) is 2.37. The summed E-state index contributed by atoms with van der Waals surface area (Å²) in [6, 6.07) is 12.1. The molecule has 0 saturated carbocycles. The maximum Gasteiger partial charge on any atom is 0.119 e. The van der Waals surface area contributed by atoms with Crippen LogP contribution < -0.4 is 4.74 Å². The minimum absolute atomic E-state index is 0.697. The summed E-state index contributed by atoms with van der Waals surface area (Å²) in [4.78, 5) is 4.38. The molecular formula is C14H15NO. The van der Waals surface area contributed by atoms with Crippen molar-refractivity contribution in [1.82, 2.24) is 4.98 Å². The number of rotatable bonds is 3. The van der Waals surface area contributed by atoms with Gasteiger partial charge in [0, 0.05) is 11.8 Å². The molecule has 0 aliphatic carbocycles. The Morgan fingerprint density at radius 2 is 1.81 bits per heavy atom. The average molecular weight is 213 g/mol. The molecule has 0 unspecified atom stereocenters. The molecule has 2 heteroatoms. The van der Waals surface area contributed by atoms with Crippen molar-refractivity contribution in [3.63, 3.8) is 0 Å². The van der Waals surface area contributed by atoms with Crippen LogP contribution in [0.1, 0.15) is 12.5 Å². The van der Waals surface area contributed by atoms with Crippen molar-refractivity contribution in [2.75, 3.05) is 6.61 Å². The number of aromatic nitrogens is 1. The topological polar surface area (TPSA) is 22.1 Å². The second kappa shape index (κ2) is 4.79. The van der Waals surface area contributed by atoms with Crippen molar-refractivity contribution in [1.29, 1.82) is 0 Å². The number of benzene rings is 1. The van der Waals surface area contributed by atoms with Crippen LogP contribution in [0, 0.1) is 6.92 Å². The van der Waals surface area contributed by atoms with E-state index in [1.54, 1.807) is 0 Å². The number of ether oxygens (including phenoxy) is 1. The molecule has 0 amide bonds. The zero-order valence-electron chi connectivity index (χ0n) is 9.60. The van der Waals surface area contributed by atoms with Crippen LogP contribution in [-0.2, 0) is 0 Å². The minimum Gasteiger partial charge on any atom is -0.494 e. The van der Waals surface area contributed by atoms with Gasteiger partial charge in [-0.3, -0.25) is 4.98 Å². The standard InChI is InChI=1S/C14H15NO/c1-3-16-13-7-5-12(6-8-13)14-9-4-11(2)10-15-14/h4-10H,3H2,1-2H3. The Kier molecular flexibility index (Phi) is 3.20. The van der Waals surface area contributed by atoms with Gasteiger partial charge in [0.05, 0.1) is 12.3 Å². The molecule has 0 aliphatic rings. The maximum absolute atomic E-state index is 5.40. The van der Waals surface area contributed by atoms with E-state index < -0.39 is 0 Å². The van der Waals surface area contributed by atoms with E-state index in [2.05, 4.69) is 11.1 Å². The van der Waals surface area contributed by atoms with E-state index in [1.165, 1.54) is 5.56 Å². The summed E-state index contributed by atoms with van der Waals surface area (Å²) in [5.74, 6) is 0.901. The van der Waals surface area contributed by atoms with Crippen molar-refractivity contribution < 1.29 is 4.74 Å². The third kappa shape index (κ3) is 2.40. The van der Waals surface area contributed by atoms with Crippen LogP contribution in [-0.4, -0.2) is 11.6 Å². The predicted octanol–water partition coefficient (Wildman–Crippen LogP) is 3.46. The minimum atomic E-state index is 0.697. The lowest BCUT2D eigenvalue weighted by Crippen LogP contribution is -1.91. The van der Waals surface area contributed by atoms with Gasteiger partial charge >= 0.3 is 0 Å². The predicted molar refractivity (Wildman–Crippen MR) is 65.6 cm³/mol. The fourth-order valence-electron chi connectivity index (χ4n) is 1.53. The number of hydrogen-bond donors (Lipinski definition) is 0. The zero-order chi connectivity index (χ0) is 11.4. The van der Waals surface area contributed by atoms with Crippen LogP contribution in [0.2, 0.25) is 0 Å². The Labute approximate surface area is 95.9 Å². The Morgan fingerprint density at radius 1 is 1.06 bits per heavy atom. The molecule has 0 fully saturated rings. The Morgan fingerprint density at radius 3 is 2.38 bits per heavy atom. The maximum atomic E-state index is 5.40. The number of aryl methyl sites for hydroxylation is 1. The normalized spacial score (nSPS) is 10.1. The molecule has 1 aromatic carbocycles. The van der Waals surface area contributed by atoms with Crippen LogP contribution in [0.4, 0.5) is 0 Å². The summed E-state index contributed by atoms with van der Waals surface area (Å²) in [6.45, 7) is 4.71. The van der Waals surface area contributed by atoms with Gasteiger partial charge in [-0.15, -0.1) is 0 Å². The first-order chi connectivity index (χ1) is 7.79. The Hall–Kier alpha value is -1.83. The Balaban J connectivity index is 2.24. The van der Waals surface area contributed by atoms with Crippen LogP contribution >= 0.6 is 0 Å². The van der Waals surface area contributed by atoms with Gasteiger partial charge in [0.1, 0.15) is 5.75 Å². The molecule has 0 aliphatic heterocycles. The Bertz CT molecular complexity index is 445. The van der Waals surface area contributed by atoms with Gasteiger partial charge in [-0.2, -0.15) is 0 Å². The van der Waals surface area contributed by atoms with Crippen LogP contribution in [0.3, 0.4) is 0 Å². The van der Waals surface area contributed by atoms with Gasteiger partial charge in [-0.05, 0) is 49.7 Å². The highest BCUT2D eigenvalue weighted by Gasteiger charge is 1.99. The quantitative estimate of drug-likeness (QED) is 0.779. The van der Waals surface area contributed by atoms with Crippen LogP contribution in [0.5, 0.6) is 5.75 Å². The third-order valence-electron chi connectivity index (χ3n) is 2.37. The molecular weight excluding hydrogens is 198 g/mol. The average Bonchev–Trinajstić information content (AvgIpc) is 2.32. The first-order valence-corrected chi connectivity index (χ1v) is 5.45. The van der Waals surface area contributed by atoms with Crippen molar-refractivity contribution in [2.24, 2.45) is 0 Å². The second-order valence-electron chi connectivity index (χ2n) is 3.68. The second-order valence-corrected chi connectivity index (χ2v) is 3.68. The van der Waals surface area contributed by atoms with Gasteiger partial charge < -0.3 is 4.74 Å². The molecule has 0 atom stereocenters. The largest absolute Gasteiger partial charge is 0.494 e. The highest BCUT2D eigenvalue weighted by atomic mass is 16.5. The molecule has 2 aromatic rings. The van der Waals surface area contributed by atoms with E-state index in [1.807, 2.05) is 50.4 Å². The highest BCUT2D eigenvalue weighted by molar-refractivity contribution is 5.59. The molecule has 0 N–H and O–H groups in total. The lowest BCUT2D eigenvalue weighted by atomic mass is 10.1. The van der Waals surface area contributed by atoms with E-state index in [0.717, 1.165) is 17.0 Å². The molecule has 82 valence electrons. The van der Waals surface area contributed by atoms with Crippen molar-refractivity contribution in [3.8, 4) is 17.0 Å². The van der Waals surface area contributed by atoms with Crippen LogP contribution in [0.25, 0.3) is 11.3 Å². The van der Waals surface area contributed by atoms with Gasteiger partial charge in [-0.1, -0.05) is 6.07 Å². The van der Waals surface area contributed by atoms with E-state index in [9.17, 15) is 0 Å². The molecule has 1 aromatic heterocycles. The highest BCUT2D eigenvalue weighted by Crippen LogP contribution is 2.20. The lowest BCUT2D eigenvalue weighted by molar-refractivity contribution is 0.340. The first kappa shape index (κ1) is 10.7. The van der Waals surface area contributed by atoms with Crippen molar-refractivity contribution in [2.45, 2.75) is 13.8 Å². The summed E-state index contributed by atoms with van der Waals surface area (Å²) >= 11 is 0. The van der Waals surface area contributed by atoms with Crippen LogP contribution in [0.15, 0.2) is 42.6 Å². The van der Waals surface area contributed by atoms with E-state index in [4.69, 9.17) is 4.74 Å². The molecule has 16 heavy (non-hydrogen) atoms. The van der Waals surface area contributed by atoms with E-state index in [-0.39, 0.29) is 0 Å². The van der Waals surface area contributed by atoms with Crippen molar-refractivity contribution >= 4 is 0 Å². The monoisotopic (exact) mass is 213 g/mol. The molecule has 2 nitrogen and oxygen atoms in total. The molecule has 0 spiro atoms. The fraction of sp³-hybridized carbons (Fsp3) is 0.214. The smallest absolute Gasteiger partial charge is 0.119 e. The molecule has 0 saturated heterocycles. The van der Waals surface area contributed by atoms with Gasteiger partial charge in [0.25, 0.3) is 0 Å². The summed E-state index contributed by atoms with van der Waals surface area (Å²) in [7, 11) is 0. The molecule has 0 radical (unpaired) electrons. The molecule has 2 rings (SSSR count). The van der Waals surface area contributed by atoms with E-state index >= 15 is 0 Å². The zero-order valence-corrected chi connectivity index (χ0v) is 9.60. The summed E-state index contributed by atoms with van der Waals surface area (Å²) in [6.07, 6.45) is 1.88. The van der Waals surface area contributed by atoms with Gasteiger partial charge in [-0.25, -0.2) is 0 Å². The molecule has 0 bridgehead atoms. The van der Waals surface area contributed by atoms with Crippen molar-refractivity contribution in [3.05, 3.63) is 48.2 Å². The SMILES string of the molecule is CCOc1ccc(-c2ccc(C)cn2)cc1. The number of hydrogen-bond acceptors (Lipinski definition) is 2. The summed E-state index contributed by atoms with van der Waals surface area (Å²) in [5, 5.41) is 0. The van der Waals surface area contributed by atoms with E-state index in [0.29, 0.717) is 6.61 Å². The first-order valence-electron chi connectivity index (χ1n) is 5.45.